The van der Waals surface area contributed by atoms with Gasteiger partial charge in [-0.2, -0.15) is 0 Å². The third kappa shape index (κ3) is 3.56. The first-order chi connectivity index (χ1) is 19.3. The standard InChI is InChI=1S/C28H25NO11S/c1-5-9(2)26(36)39-22-11(4)38-27-28(37,24(22)33)19-15(30)6-13-18(21(32)23(19)40-27)12-7-16-29(10(3)17(12)20(13)31)14(8-41-16)25(34)35/h5-7,11,14,22,24,27,33,37H,8H2,1-4H3,(H,34,35). The number of carboxylic acids is 1. The number of hydrogen-bond acceptors (Lipinski definition) is 12. The highest BCUT2D eigenvalue weighted by molar-refractivity contribution is 8.03. The molecule has 0 radical (unpaired) electrons. The first-order valence-corrected chi connectivity index (χ1v) is 13.8. The number of nitrogens with zero attached hydrogens (tertiary/aromatic N) is 1. The van der Waals surface area contributed by atoms with Gasteiger partial charge in [-0.25, -0.2) is 9.59 Å². The average Bonchev–Trinajstić information content (AvgIpc) is 3.55. The molecular formula is C28H25NO11S. The molecule has 4 heterocycles. The first kappa shape index (κ1) is 27.4. The van der Waals surface area contributed by atoms with E-state index in [4.69, 9.17) is 14.2 Å². The molecule has 0 amide bonds. The number of carbonyl (C=O) groups is 5. The summed E-state index contributed by atoms with van der Waals surface area (Å²) in [5.74, 6) is -4.69. The number of thioether (sulfide) groups is 1. The predicted molar refractivity (Wildman–Crippen MR) is 139 cm³/mol. The van der Waals surface area contributed by atoms with Crippen LogP contribution in [0.3, 0.4) is 0 Å². The summed E-state index contributed by atoms with van der Waals surface area (Å²) in [5.41, 5.74) is -2.69. The van der Waals surface area contributed by atoms with E-state index in [-0.39, 0.29) is 33.6 Å². The number of Topliss-reactive ketones (excluding diaryl/α,β-unsaturated/α-hetero) is 2. The Labute approximate surface area is 237 Å². The van der Waals surface area contributed by atoms with Crippen LogP contribution < -0.4 is 0 Å². The average molecular weight is 584 g/mol. The molecule has 2 saturated heterocycles. The smallest absolute Gasteiger partial charge is 0.333 e. The zero-order valence-electron chi connectivity index (χ0n) is 22.3. The lowest BCUT2D eigenvalue weighted by atomic mass is 9.79. The van der Waals surface area contributed by atoms with Gasteiger partial charge in [0.25, 0.3) is 0 Å². The second-order valence-electron chi connectivity index (χ2n) is 10.5. The number of fused-ring (bicyclic) bond motifs is 5. The molecular weight excluding hydrogens is 558 g/mol. The van der Waals surface area contributed by atoms with Crippen molar-refractivity contribution in [3.63, 3.8) is 0 Å². The van der Waals surface area contributed by atoms with E-state index in [0.717, 1.165) is 6.08 Å². The van der Waals surface area contributed by atoms with Crippen molar-refractivity contribution in [2.24, 2.45) is 0 Å². The van der Waals surface area contributed by atoms with Gasteiger partial charge in [0.1, 0.15) is 12.1 Å². The molecule has 2 fully saturated rings. The maximum absolute atomic E-state index is 14.0. The lowest BCUT2D eigenvalue weighted by Gasteiger charge is -2.45. The van der Waals surface area contributed by atoms with Crippen LogP contribution in [-0.4, -0.2) is 91.5 Å². The molecule has 0 spiro atoms. The highest BCUT2D eigenvalue weighted by Gasteiger charge is 2.66. The molecule has 2 aliphatic carbocycles. The fourth-order valence-electron chi connectivity index (χ4n) is 5.97. The van der Waals surface area contributed by atoms with Crippen molar-refractivity contribution in [3.8, 4) is 0 Å². The molecule has 0 aromatic carbocycles. The number of allylic oxidation sites excluding steroid dienone is 8. The number of aliphatic hydroxyl groups is 2. The van der Waals surface area contributed by atoms with Crippen molar-refractivity contribution in [1.29, 1.82) is 0 Å². The van der Waals surface area contributed by atoms with Gasteiger partial charge >= 0.3 is 11.9 Å². The van der Waals surface area contributed by atoms with Crippen LogP contribution in [0.5, 0.6) is 0 Å². The van der Waals surface area contributed by atoms with E-state index < -0.39 is 76.9 Å². The van der Waals surface area contributed by atoms with Crippen LogP contribution in [0.1, 0.15) is 27.7 Å². The van der Waals surface area contributed by atoms with E-state index in [2.05, 4.69) is 0 Å². The van der Waals surface area contributed by atoms with Crippen LogP contribution in [0.2, 0.25) is 0 Å². The lowest BCUT2D eigenvalue weighted by molar-refractivity contribution is -0.301. The van der Waals surface area contributed by atoms with Crippen molar-refractivity contribution >= 4 is 41.1 Å². The molecule has 12 nitrogen and oxygen atoms in total. The van der Waals surface area contributed by atoms with E-state index in [1.165, 1.54) is 36.6 Å². The molecule has 3 N–H and O–H groups in total. The monoisotopic (exact) mass is 583 g/mol. The second kappa shape index (κ2) is 9.11. The zero-order valence-corrected chi connectivity index (χ0v) is 23.1. The molecule has 6 aliphatic rings. The summed E-state index contributed by atoms with van der Waals surface area (Å²) in [4.78, 5) is 67.0. The predicted octanol–water partition coefficient (Wildman–Crippen LogP) is 0.574. The molecule has 13 heteroatoms. The molecule has 41 heavy (non-hydrogen) atoms. The number of ether oxygens (including phenoxy) is 3. The number of aliphatic carboxylic acids is 1. The quantitative estimate of drug-likeness (QED) is 0.311. The Morgan fingerprint density at radius 1 is 1.20 bits per heavy atom. The molecule has 4 aliphatic heterocycles. The molecule has 6 rings (SSSR count). The van der Waals surface area contributed by atoms with Crippen LogP contribution >= 0.6 is 11.8 Å². The summed E-state index contributed by atoms with van der Waals surface area (Å²) >= 11 is 1.25. The van der Waals surface area contributed by atoms with Crippen LogP contribution in [0.25, 0.3) is 0 Å². The van der Waals surface area contributed by atoms with E-state index in [0.29, 0.717) is 10.7 Å². The van der Waals surface area contributed by atoms with Gasteiger partial charge < -0.3 is 34.4 Å². The second-order valence-corrected chi connectivity index (χ2v) is 11.5. The van der Waals surface area contributed by atoms with Gasteiger partial charge in [-0.1, -0.05) is 6.08 Å². The van der Waals surface area contributed by atoms with Crippen molar-refractivity contribution in [2.75, 3.05) is 5.75 Å². The van der Waals surface area contributed by atoms with E-state index in [1.807, 2.05) is 0 Å². The third-order valence-corrected chi connectivity index (χ3v) is 9.31. The maximum atomic E-state index is 14.0. The summed E-state index contributed by atoms with van der Waals surface area (Å²) < 4.78 is 16.8. The molecule has 0 aromatic heterocycles. The van der Waals surface area contributed by atoms with E-state index >= 15 is 0 Å². The molecule has 214 valence electrons. The van der Waals surface area contributed by atoms with Crippen LogP contribution in [-0.2, 0) is 38.2 Å². The van der Waals surface area contributed by atoms with Gasteiger partial charge in [-0.3, -0.25) is 14.4 Å². The van der Waals surface area contributed by atoms with Gasteiger partial charge in [-0.15, -0.1) is 11.8 Å². The minimum absolute atomic E-state index is 0.0966. The summed E-state index contributed by atoms with van der Waals surface area (Å²) in [6.45, 7) is 6.18. The molecule has 6 unspecified atom stereocenters. The number of rotatable bonds is 3. The van der Waals surface area contributed by atoms with Crippen molar-refractivity contribution < 1.29 is 53.5 Å². The topological polar surface area (TPSA) is 177 Å². The Morgan fingerprint density at radius 2 is 1.90 bits per heavy atom. The Bertz CT molecular complexity index is 1580. The van der Waals surface area contributed by atoms with Crippen molar-refractivity contribution in [1.82, 2.24) is 4.90 Å². The van der Waals surface area contributed by atoms with Gasteiger partial charge in [-0.05, 0) is 39.8 Å². The summed E-state index contributed by atoms with van der Waals surface area (Å²) in [6.07, 6.45) is -2.07. The van der Waals surface area contributed by atoms with Gasteiger partial charge in [0.05, 0.1) is 16.7 Å². The van der Waals surface area contributed by atoms with Gasteiger partial charge in [0.15, 0.2) is 29.0 Å². The fourth-order valence-corrected chi connectivity index (χ4v) is 7.19. The highest BCUT2D eigenvalue weighted by Crippen LogP contribution is 2.52. The Hall–Kier alpha value is -3.78. The number of esters is 1. The van der Waals surface area contributed by atoms with Crippen LogP contribution in [0.4, 0.5) is 0 Å². The van der Waals surface area contributed by atoms with Crippen LogP contribution in [0, 0.1) is 0 Å². The minimum atomic E-state index is -2.60. The van der Waals surface area contributed by atoms with E-state index in [9.17, 15) is 39.3 Å². The van der Waals surface area contributed by atoms with Crippen molar-refractivity contribution in [2.45, 2.75) is 63.9 Å². The van der Waals surface area contributed by atoms with Crippen LogP contribution in [0.15, 0.2) is 68.2 Å². The number of aliphatic hydroxyl groups excluding tert-OH is 1. The fraction of sp³-hybridized carbons (Fsp3) is 0.393. The summed E-state index contributed by atoms with van der Waals surface area (Å²) in [6, 6.07) is -0.904. The largest absolute Gasteiger partial charge is 0.480 e. The molecule has 6 atom stereocenters. The SMILES string of the molecule is CC=C(C)C(=O)OC1C(C)OC2OC3=C(C(=O)C=C4C(=O)C5=C(C)N6C(=CC5=C4C3=O)SCC6C(=O)O)C2(O)C1O. The van der Waals surface area contributed by atoms with E-state index in [1.54, 1.807) is 19.9 Å². The molecule has 0 saturated carbocycles. The van der Waals surface area contributed by atoms with Gasteiger partial charge in [0, 0.05) is 39.3 Å². The molecule has 0 aromatic rings. The summed E-state index contributed by atoms with van der Waals surface area (Å²) in [7, 11) is 0. The Morgan fingerprint density at radius 3 is 2.56 bits per heavy atom. The summed E-state index contributed by atoms with van der Waals surface area (Å²) in [5, 5.41) is 33.2. The zero-order chi connectivity index (χ0) is 29.7. The number of carbonyl (C=O) groups excluding carboxylic acids is 4. The Kier molecular flexibility index (Phi) is 6.09. The Balaban J connectivity index is 1.46. The molecule has 0 bridgehead atoms. The highest BCUT2D eigenvalue weighted by atomic mass is 32.2. The minimum Gasteiger partial charge on any atom is -0.480 e. The number of hydrogen-bond donors (Lipinski definition) is 3. The number of ketones is 3. The number of carboxylic acid groups (broad SMARTS) is 1. The maximum Gasteiger partial charge on any atom is 0.333 e. The lowest BCUT2D eigenvalue weighted by Crippen LogP contribution is -2.66. The third-order valence-electron chi connectivity index (χ3n) is 8.22. The van der Waals surface area contributed by atoms with Crippen molar-refractivity contribution in [3.05, 3.63) is 68.2 Å². The normalized spacial score (nSPS) is 34.4. The van der Waals surface area contributed by atoms with Gasteiger partial charge in [0.2, 0.25) is 12.1 Å². The first-order valence-electron chi connectivity index (χ1n) is 12.8.